The molecule has 0 aromatic heterocycles. The number of aliphatic hydroxyl groups excluding tert-OH is 2. The van der Waals surface area contributed by atoms with Crippen molar-refractivity contribution in [2.45, 2.75) is 128 Å². The Labute approximate surface area is 316 Å². The molecule has 0 amide bonds. The number of hydrogen-bond acceptors (Lipinski definition) is 13. The Hall–Kier alpha value is 0.348. The fraction of sp³-hybridized carbons (Fsp3) is 1.00. The lowest BCUT2D eigenvalue weighted by atomic mass is 10.2. The molecule has 0 spiro atoms. The topological polar surface area (TPSA) is 152 Å². The summed E-state index contributed by atoms with van der Waals surface area (Å²) < 4.78 is 39.3. The fourth-order valence-corrected chi connectivity index (χ4v) is 17.3. The van der Waals surface area contributed by atoms with E-state index in [-0.39, 0.29) is 0 Å². The number of unbranched alkanes of at least 4 members (excludes halogenated alkanes) is 2. The van der Waals surface area contributed by atoms with Crippen LogP contribution in [0.25, 0.3) is 0 Å². The van der Waals surface area contributed by atoms with E-state index in [0.717, 1.165) is 89.6 Å². The maximum absolute atomic E-state index is 10.7. The van der Waals surface area contributed by atoms with Gasteiger partial charge in [0.15, 0.2) is 16.6 Å². The third-order valence-electron chi connectivity index (χ3n) is 9.11. The monoisotopic (exact) mass is 804 g/mol. The Kier molecular flexibility index (Phi) is 28.9. The van der Waals surface area contributed by atoms with Crippen LogP contribution in [0.4, 0.5) is 0 Å². The normalized spacial score (nSPS) is 14.6. The molecule has 0 aliphatic carbocycles. The van der Waals surface area contributed by atoms with E-state index in [1.54, 1.807) is 0 Å². The summed E-state index contributed by atoms with van der Waals surface area (Å²) in [6.45, 7) is 19.7. The number of hydrogen-bond donors (Lipinski definition) is 4. The lowest BCUT2D eigenvalue weighted by Crippen LogP contribution is -2.44. The van der Waals surface area contributed by atoms with Crippen LogP contribution in [0.1, 0.15) is 65.2 Å². The smallest absolute Gasteiger partial charge is 0.455 e. The standard InChI is InChI=1S/C34H80N2O11Si4/c1-11-13-19-35(21-15-27-50(39,41-3)42-4)29-33(37)31-45-23-17-25-48(7,8)47-49(9,10)26-18-24-46-32-34(38)30-36(20-14-12-2)22-16-28-51(40,43-5)44-6/h33-34,37-40H,11-32H2,1-10H3. The first-order valence-corrected chi connectivity index (χ1v) is 29.5. The second-order valence-corrected chi connectivity index (χ2v) is 29.4. The van der Waals surface area contributed by atoms with Crippen LogP contribution in [0.5, 0.6) is 0 Å². The number of rotatable bonds is 36. The zero-order valence-corrected chi connectivity index (χ0v) is 38.3. The second kappa shape index (κ2) is 28.7. The molecule has 0 fully saturated rings. The van der Waals surface area contributed by atoms with Crippen molar-refractivity contribution in [2.75, 3.05) is 94.1 Å². The van der Waals surface area contributed by atoms with Gasteiger partial charge in [-0.3, -0.25) is 0 Å². The predicted molar refractivity (Wildman–Crippen MR) is 214 cm³/mol. The molecule has 17 heteroatoms. The summed E-state index contributed by atoms with van der Waals surface area (Å²) in [6, 6.07) is 3.00. The SMILES string of the molecule is CCCCN(CCC[Si](O)(OC)OC)CC(O)COCCC[Si](C)(C)O[Si](C)(C)CCCOCC(O)CN(CCCC)CCC[Si](O)(OC)OC. The minimum Gasteiger partial charge on any atom is -0.455 e. The van der Waals surface area contributed by atoms with E-state index < -0.39 is 46.5 Å². The molecule has 4 N–H and O–H groups in total. The molecule has 0 aromatic carbocycles. The van der Waals surface area contributed by atoms with Gasteiger partial charge in [0.05, 0.1) is 25.4 Å². The summed E-state index contributed by atoms with van der Waals surface area (Å²) in [7, 11) is -3.95. The van der Waals surface area contributed by atoms with Gasteiger partial charge in [-0.2, -0.15) is 0 Å². The minimum absolute atomic E-state index is 0.306. The van der Waals surface area contributed by atoms with Crippen molar-refractivity contribution >= 4 is 34.2 Å². The zero-order chi connectivity index (χ0) is 38.8. The Morgan fingerprint density at radius 2 is 0.843 bits per heavy atom. The van der Waals surface area contributed by atoms with E-state index in [2.05, 4.69) is 49.8 Å². The van der Waals surface area contributed by atoms with Gasteiger partial charge in [0, 0.05) is 66.8 Å². The highest BCUT2D eigenvalue weighted by Crippen LogP contribution is 2.24. The molecule has 0 aromatic rings. The van der Waals surface area contributed by atoms with Gasteiger partial charge in [-0.1, -0.05) is 26.7 Å². The predicted octanol–water partition coefficient (Wildman–Crippen LogP) is 4.38. The summed E-state index contributed by atoms with van der Waals surface area (Å²) in [5.74, 6) is 0. The number of ether oxygens (including phenoxy) is 2. The van der Waals surface area contributed by atoms with Crippen molar-refractivity contribution in [3.63, 3.8) is 0 Å². The Morgan fingerprint density at radius 1 is 0.510 bits per heavy atom. The van der Waals surface area contributed by atoms with Crippen molar-refractivity contribution in [3.8, 4) is 0 Å². The minimum atomic E-state index is -3.07. The van der Waals surface area contributed by atoms with Gasteiger partial charge < -0.3 is 60.9 Å². The molecular formula is C34H80N2O11Si4. The van der Waals surface area contributed by atoms with E-state index >= 15 is 0 Å². The molecule has 0 rings (SSSR count). The van der Waals surface area contributed by atoms with Crippen LogP contribution in [-0.2, 0) is 31.3 Å². The lowest BCUT2D eigenvalue weighted by Gasteiger charge is -2.34. The van der Waals surface area contributed by atoms with E-state index in [1.165, 1.54) is 28.4 Å². The molecule has 0 saturated carbocycles. The number of aliphatic hydroxyl groups is 2. The van der Waals surface area contributed by atoms with Crippen LogP contribution in [0.2, 0.25) is 50.4 Å². The van der Waals surface area contributed by atoms with Crippen LogP contribution in [0, 0.1) is 0 Å². The van der Waals surface area contributed by atoms with Crippen molar-refractivity contribution in [1.29, 1.82) is 0 Å². The summed E-state index contributed by atoms with van der Waals surface area (Å²) in [4.78, 5) is 25.1. The van der Waals surface area contributed by atoms with Gasteiger partial charge >= 0.3 is 17.6 Å². The first kappa shape index (κ1) is 51.3. The highest BCUT2D eigenvalue weighted by atomic mass is 28.4. The average Bonchev–Trinajstić information content (AvgIpc) is 3.08. The summed E-state index contributed by atoms with van der Waals surface area (Å²) in [5.41, 5.74) is 0. The van der Waals surface area contributed by atoms with Crippen LogP contribution in [-0.4, -0.2) is 170 Å². The van der Waals surface area contributed by atoms with Gasteiger partial charge in [0.2, 0.25) is 0 Å². The largest absolute Gasteiger partial charge is 0.497 e. The van der Waals surface area contributed by atoms with E-state index in [9.17, 15) is 19.8 Å². The third-order valence-corrected chi connectivity index (χ3v) is 21.2. The average molecular weight is 805 g/mol. The molecule has 51 heavy (non-hydrogen) atoms. The highest BCUT2D eigenvalue weighted by Gasteiger charge is 2.35. The fourth-order valence-electron chi connectivity index (χ4n) is 6.17. The molecule has 0 bridgehead atoms. The molecular weight excluding hydrogens is 725 g/mol. The first-order chi connectivity index (χ1) is 24.0. The molecule has 308 valence electrons. The molecule has 0 aliphatic rings. The summed E-state index contributed by atoms with van der Waals surface area (Å²) in [5, 5.41) is 21.3. The molecule has 2 atom stereocenters. The number of nitrogens with zero attached hydrogens (tertiary/aromatic N) is 2. The molecule has 0 radical (unpaired) electrons. The molecule has 13 nitrogen and oxygen atoms in total. The molecule has 0 aliphatic heterocycles. The van der Waals surface area contributed by atoms with Gasteiger partial charge in [0.1, 0.15) is 0 Å². The van der Waals surface area contributed by atoms with Gasteiger partial charge in [0.25, 0.3) is 0 Å². The summed E-state index contributed by atoms with van der Waals surface area (Å²) in [6.07, 6.45) is 6.45. The van der Waals surface area contributed by atoms with E-state index in [4.69, 9.17) is 31.3 Å². The van der Waals surface area contributed by atoms with Crippen LogP contribution in [0.3, 0.4) is 0 Å². The Morgan fingerprint density at radius 3 is 1.16 bits per heavy atom. The Balaban J connectivity index is 4.42. The Bertz CT molecular complexity index is 767. The quantitative estimate of drug-likeness (QED) is 0.0525. The maximum Gasteiger partial charge on any atom is 0.497 e. The van der Waals surface area contributed by atoms with E-state index in [1.807, 2.05) is 0 Å². The van der Waals surface area contributed by atoms with Gasteiger partial charge in [-0.25, -0.2) is 0 Å². The van der Waals surface area contributed by atoms with Gasteiger partial charge in [-0.15, -0.1) is 0 Å². The first-order valence-electron chi connectivity index (χ1n) is 19.3. The molecule has 2 unspecified atom stereocenters. The third kappa shape index (κ3) is 26.7. The van der Waals surface area contributed by atoms with Crippen molar-refractivity contribution in [1.82, 2.24) is 9.80 Å². The molecule has 0 heterocycles. The lowest BCUT2D eigenvalue weighted by molar-refractivity contribution is 0.0162. The van der Waals surface area contributed by atoms with Crippen LogP contribution in [0.15, 0.2) is 0 Å². The second-order valence-electron chi connectivity index (χ2n) is 15.0. The van der Waals surface area contributed by atoms with Crippen LogP contribution >= 0.6 is 0 Å². The maximum atomic E-state index is 10.7. The van der Waals surface area contributed by atoms with Crippen molar-refractivity contribution in [2.24, 2.45) is 0 Å². The highest BCUT2D eigenvalue weighted by molar-refractivity contribution is 6.84. The van der Waals surface area contributed by atoms with E-state index in [0.29, 0.717) is 51.6 Å². The van der Waals surface area contributed by atoms with Gasteiger partial charge in [-0.05, 0) is 103 Å². The summed E-state index contributed by atoms with van der Waals surface area (Å²) >= 11 is 0. The molecule has 0 saturated heterocycles. The van der Waals surface area contributed by atoms with Crippen LogP contribution < -0.4 is 0 Å². The van der Waals surface area contributed by atoms with Crippen molar-refractivity contribution < 1.29 is 51.1 Å². The van der Waals surface area contributed by atoms with Crippen molar-refractivity contribution in [3.05, 3.63) is 0 Å². The zero-order valence-electron chi connectivity index (χ0n) is 34.3.